The van der Waals surface area contributed by atoms with E-state index in [-0.39, 0.29) is 5.91 Å². The van der Waals surface area contributed by atoms with E-state index in [0.717, 1.165) is 61.5 Å². The van der Waals surface area contributed by atoms with Gasteiger partial charge in [0, 0.05) is 52.0 Å². The molecule has 1 saturated carbocycles. The van der Waals surface area contributed by atoms with Gasteiger partial charge < -0.3 is 23.8 Å². The Hall–Kier alpha value is -4.17. The van der Waals surface area contributed by atoms with E-state index in [1.165, 1.54) is 59.1 Å². The van der Waals surface area contributed by atoms with Gasteiger partial charge in [0.05, 0.1) is 26.4 Å². The second-order valence-corrected chi connectivity index (χ2v) is 15.2. The number of aryl methyl sites for hydroxylation is 1. The summed E-state index contributed by atoms with van der Waals surface area (Å²) in [5.41, 5.74) is 9.80. The molecule has 4 aromatic rings. The van der Waals surface area contributed by atoms with Crippen LogP contribution in [0, 0.1) is 12.8 Å². The van der Waals surface area contributed by atoms with Crippen LogP contribution in [0.25, 0.3) is 0 Å². The van der Waals surface area contributed by atoms with Gasteiger partial charge in [-0.2, -0.15) is 0 Å². The first kappa shape index (κ1) is 37.2. The van der Waals surface area contributed by atoms with Gasteiger partial charge in [-0.1, -0.05) is 104 Å². The summed E-state index contributed by atoms with van der Waals surface area (Å²) in [6, 6.07) is 30.7. The minimum atomic E-state index is 0.239. The van der Waals surface area contributed by atoms with Crippen LogP contribution in [0.4, 0.5) is 0 Å². The molecule has 1 aliphatic carbocycles. The van der Waals surface area contributed by atoms with Crippen LogP contribution in [0.5, 0.6) is 11.5 Å². The molecule has 0 aromatic heterocycles. The number of nitrogens with zero attached hydrogens (tertiary/aromatic N) is 2. The fourth-order valence-electron chi connectivity index (χ4n) is 8.13. The first-order valence-corrected chi connectivity index (χ1v) is 19.8. The van der Waals surface area contributed by atoms with E-state index in [4.69, 9.17) is 18.9 Å². The van der Waals surface area contributed by atoms with E-state index >= 15 is 0 Å². The van der Waals surface area contributed by atoms with Crippen LogP contribution in [0.3, 0.4) is 0 Å². The van der Waals surface area contributed by atoms with Crippen molar-refractivity contribution in [2.75, 3.05) is 52.7 Å². The summed E-state index contributed by atoms with van der Waals surface area (Å²) >= 11 is 0. The molecule has 7 heteroatoms. The third-order valence-corrected chi connectivity index (χ3v) is 10.9. The highest BCUT2D eigenvalue weighted by Crippen LogP contribution is 2.30. The maximum absolute atomic E-state index is 13.4. The van der Waals surface area contributed by atoms with Crippen molar-refractivity contribution in [3.05, 3.63) is 129 Å². The van der Waals surface area contributed by atoms with E-state index in [1.807, 2.05) is 4.90 Å². The SMILES string of the molecule is Cc1ccc2c(c1)Cc1cccc(c1)CN(Cc1ccc3c(c1)Cc1cccc(c1)CN(C(=O)CCC1CCCC1)CCOCCO3)CCOCCO2. The van der Waals surface area contributed by atoms with Gasteiger partial charge in [0.25, 0.3) is 0 Å². The minimum Gasteiger partial charge on any atom is -0.491 e. The normalized spacial score (nSPS) is 18.1. The van der Waals surface area contributed by atoms with E-state index in [9.17, 15) is 4.79 Å². The van der Waals surface area contributed by atoms with Gasteiger partial charge in [0.1, 0.15) is 24.7 Å². The third-order valence-electron chi connectivity index (χ3n) is 10.9. The zero-order valence-electron chi connectivity index (χ0n) is 31.5. The fraction of sp³-hybridized carbons (Fsp3) is 0.457. The Bertz CT molecular complexity index is 1800. The number of hydrogen-bond acceptors (Lipinski definition) is 6. The Kier molecular flexibility index (Phi) is 13.1. The lowest BCUT2D eigenvalue weighted by molar-refractivity contribution is -0.133. The summed E-state index contributed by atoms with van der Waals surface area (Å²) in [6.45, 7) is 8.95. The van der Waals surface area contributed by atoms with Crippen LogP contribution in [0.15, 0.2) is 84.9 Å². The number of amides is 1. The smallest absolute Gasteiger partial charge is 0.222 e. The molecular formula is C46H56N2O5. The number of rotatable bonds is 5. The van der Waals surface area contributed by atoms with E-state index in [1.54, 1.807) is 0 Å². The third kappa shape index (κ3) is 10.9. The maximum atomic E-state index is 13.4. The van der Waals surface area contributed by atoms with Crippen molar-refractivity contribution in [2.45, 2.75) is 77.9 Å². The van der Waals surface area contributed by atoms with Crippen LogP contribution in [-0.4, -0.2) is 68.4 Å². The molecular weight excluding hydrogens is 661 g/mol. The molecule has 2 aliphatic heterocycles. The molecule has 4 aromatic carbocycles. The molecule has 0 N–H and O–H groups in total. The van der Waals surface area contributed by atoms with E-state index < -0.39 is 0 Å². The standard InChI is InChI=1S/C46H56N2O5/c1-35-12-15-44-42(26-35)29-37-8-4-10-39(27-37)32-47(18-20-50-22-24-52-44)33-41-13-16-45-43(31-41)30-38-9-5-11-40(28-38)34-48(19-21-51-23-25-53-45)46(49)17-14-36-6-2-3-7-36/h4-5,8-13,15-16,26-28,31,36H,2-3,6-7,14,17-25,29-30,32-34H2,1H3. The molecule has 1 fully saturated rings. The molecule has 0 radical (unpaired) electrons. The van der Waals surface area contributed by atoms with Crippen LogP contribution in [-0.2, 0) is 46.7 Å². The number of hydrogen-bond donors (Lipinski definition) is 0. The molecule has 280 valence electrons. The van der Waals surface area contributed by atoms with E-state index in [0.29, 0.717) is 65.1 Å². The largest absolute Gasteiger partial charge is 0.491 e. The Morgan fingerprint density at radius 2 is 1.28 bits per heavy atom. The van der Waals surface area contributed by atoms with Crippen molar-refractivity contribution in [1.82, 2.24) is 9.80 Å². The molecule has 3 aliphatic rings. The monoisotopic (exact) mass is 716 g/mol. The van der Waals surface area contributed by atoms with Crippen LogP contribution in [0.1, 0.15) is 83.0 Å². The van der Waals surface area contributed by atoms with Gasteiger partial charge in [-0.3, -0.25) is 9.69 Å². The molecule has 0 unspecified atom stereocenters. The van der Waals surface area contributed by atoms with Crippen molar-refractivity contribution in [3.8, 4) is 11.5 Å². The number of ether oxygens (including phenoxy) is 4. The highest BCUT2D eigenvalue weighted by molar-refractivity contribution is 5.76. The second kappa shape index (κ2) is 18.7. The number of carbonyl (C=O) groups is 1. The molecule has 1 amide bonds. The Balaban J connectivity index is 1.07. The predicted octanol–water partition coefficient (Wildman–Crippen LogP) is 8.30. The Labute approximate surface area is 316 Å². The van der Waals surface area contributed by atoms with Crippen LogP contribution >= 0.6 is 0 Å². The quantitative estimate of drug-likeness (QED) is 0.207. The molecule has 7 nitrogen and oxygen atoms in total. The highest BCUT2D eigenvalue weighted by atomic mass is 16.5. The fourth-order valence-corrected chi connectivity index (χ4v) is 8.13. The molecule has 0 spiro atoms. The van der Waals surface area contributed by atoms with Crippen molar-refractivity contribution >= 4 is 5.91 Å². The van der Waals surface area contributed by atoms with Crippen LogP contribution < -0.4 is 9.47 Å². The minimum absolute atomic E-state index is 0.239. The van der Waals surface area contributed by atoms with Crippen molar-refractivity contribution in [2.24, 2.45) is 5.92 Å². The molecule has 4 bridgehead atoms. The summed E-state index contributed by atoms with van der Waals surface area (Å²) in [5, 5.41) is 0. The number of carbonyl (C=O) groups excluding carboxylic acids is 1. The second-order valence-electron chi connectivity index (χ2n) is 15.2. The lowest BCUT2D eigenvalue weighted by atomic mass is 9.99. The predicted molar refractivity (Wildman–Crippen MR) is 209 cm³/mol. The number of fused-ring (bicyclic) bond motifs is 6. The average Bonchev–Trinajstić information content (AvgIpc) is 3.68. The van der Waals surface area contributed by atoms with Gasteiger partial charge in [0.15, 0.2) is 0 Å². The van der Waals surface area contributed by atoms with Crippen molar-refractivity contribution in [1.29, 1.82) is 0 Å². The molecule has 7 rings (SSSR count). The van der Waals surface area contributed by atoms with Crippen molar-refractivity contribution in [3.63, 3.8) is 0 Å². The van der Waals surface area contributed by atoms with Gasteiger partial charge in [-0.15, -0.1) is 0 Å². The summed E-state index contributed by atoms with van der Waals surface area (Å²) in [5.74, 6) is 2.79. The Morgan fingerprint density at radius 3 is 2.00 bits per heavy atom. The highest BCUT2D eigenvalue weighted by Gasteiger charge is 2.20. The average molecular weight is 717 g/mol. The zero-order valence-corrected chi connectivity index (χ0v) is 31.5. The van der Waals surface area contributed by atoms with Gasteiger partial charge in [-0.05, 0) is 70.3 Å². The summed E-state index contributed by atoms with van der Waals surface area (Å²) < 4.78 is 24.6. The summed E-state index contributed by atoms with van der Waals surface area (Å²) in [7, 11) is 0. The van der Waals surface area contributed by atoms with E-state index in [2.05, 4.69) is 96.8 Å². The number of benzene rings is 4. The van der Waals surface area contributed by atoms with Gasteiger partial charge in [0.2, 0.25) is 5.91 Å². The topological polar surface area (TPSA) is 60.5 Å². The first-order valence-electron chi connectivity index (χ1n) is 19.8. The van der Waals surface area contributed by atoms with Gasteiger partial charge >= 0.3 is 0 Å². The molecule has 0 atom stereocenters. The maximum Gasteiger partial charge on any atom is 0.222 e. The molecule has 2 heterocycles. The molecule has 53 heavy (non-hydrogen) atoms. The van der Waals surface area contributed by atoms with Crippen LogP contribution in [0.2, 0.25) is 0 Å². The first-order chi connectivity index (χ1) is 26.0. The Morgan fingerprint density at radius 1 is 0.660 bits per heavy atom. The molecule has 0 saturated heterocycles. The van der Waals surface area contributed by atoms with Crippen molar-refractivity contribution < 1.29 is 23.7 Å². The lowest BCUT2D eigenvalue weighted by Crippen LogP contribution is -2.34. The zero-order chi connectivity index (χ0) is 36.2. The van der Waals surface area contributed by atoms with Gasteiger partial charge in [-0.25, -0.2) is 0 Å². The summed E-state index contributed by atoms with van der Waals surface area (Å²) in [6.07, 6.45) is 8.37. The summed E-state index contributed by atoms with van der Waals surface area (Å²) in [4.78, 5) is 17.9. The lowest BCUT2D eigenvalue weighted by Gasteiger charge is -2.25.